The first-order chi connectivity index (χ1) is 11.6. The third-order valence-electron chi connectivity index (χ3n) is 3.27. The molecule has 0 unspecified atom stereocenters. The van der Waals surface area contributed by atoms with E-state index < -0.39 is 24.3 Å². The molecule has 9 heteroatoms. The molecule has 0 aliphatic rings. The summed E-state index contributed by atoms with van der Waals surface area (Å²) in [4.78, 5) is 8.24. The predicted molar refractivity (Wildman–Crippen MR) is 79.5 cm³/mol. The highest BCUT2D eigenvalue weighted by molar-refractivity contribution is 5.59. The van der Waals surface area contributed by atoms with Crippen LogP contribution in [0.3, 0.4) is 0 Å². The number of ether oxygens (including phenoxy) is 1. The van der Waals surface area contributed by atoms with Crippen LogP contribution in [0.1, 0.15) is 12.5 Å². The van der Waals surface area contributed by atoms with Crippen molar-refractivity contribution in [1.29, 1.82) is 0 Å². The fraction of sp³-hybridized carbons (Fsp3) is 0.250. The summed E-state index contributed by atoms with van der Waals surface area (Å²) in [7, 11) is 0. The van der Waals surface area contributed by atoms with Crippen molar-refractivity contribution in [3.63, 3.8) is 0 Å². The molecular formula is C16H12F5N3O. The molecule has 0 bridgehead atoms. The number of alkyl halides is 5. The van der Waals surface area contributed by atoms with Crippen molar-refractivity contribution in [2.24, 2.45) is 0 Å². The van der Waals surface area contributed by atoms with Gasteiger partial charge in [0.15, 0.2) is 6.61 Å². The van der Waals surface area contributed by atoms with Gasteiger partial charge >= 0.3 is 6.18 Å². The van der Waals surface area contributed by atoms with Gasteiger partial charge in [-0.2, -0.15) is 13.2 Å². The van der Waals surface area contributed by atoms with Gasteiger partial charge in [0, 0.05) is 19.3 Å². The molecule has 4 nitrogen and oxygen atoms in total. The van der Waals surface area contributed by atoms with Crippen molar-refractivity contribution in [1.82, 2.24) is 14.4 Å². The zero-order chi connectivity index (χ0) is 18.2. The van der Waals surface area contributed by atoms with Gasteiger partial charge in [0.05, 0.1) is 17.5 Å². The Labute approximate surface area is 138 Å². The molecule has 0 aliphatic heterocycles. The number of pyridine rings is 2. The van der Waals surface area contributed by atoms with Crippen molar-refractivity contribution in [2.75, 3.05) is 6.61 Å². The molecule has 0 atom stereocenters. The highest BCUT2D eigenvalue weighted by Gasteiger charge is 2.31. The number of rotatable bonds is 4. The second-order valence-electron chi connectivity index (χ2n) is 5.55. The Hall–Kier alpha value is -2.71. The van der Waals surface area contributed by atoms with Crippen LogP contribution in [0.2, 0.25) is 0 Å². The Balaban J connectivity index is 1.84. The van der Waals surface area contributed by atoms with Crippen LogP contribution in [0, 0.1) is 0 Å². The first kappa shape index (κ1) is 17.1. The van der Waals surface area contributed by atoms with Crippen LogP contribution in [0.25, 0.3) is 17.0 Å². The Morgan fingerprint density at radius 3 is 2.36 bits per heavy atom. The number of hydrogen-bond acceptors (Lipinski definition) is 3. The molecule has 0 aromatic carbocycles. The summed E-state index contributed by atoms with van der Waals surface area (Å²) in [6, 6.07) is 5.14. The van der Waals surface area contributed by atoms with E-state index in [4.69, 9.17) is 4.74 Å². The highest BCUT2D eigenvalue weighted by atomic mass is 19.4. The first-order valence-corrected chi connectivity index (χ1v) is 7.15. The molecule has 132 valence electrons. The fourth-order valence-corrected chi connectivity index (χ4v) is 2.11. The summed E-state index contributed by atoms with van der Waals surface area (Å²) in [5, 5.41) is 0. The lowest BCUT2D eigenvalue weighted by atomic mass is 10.3. The largest absolute Gasteiger partial charge is 0.486 e. The van der Waals surface area contributed by atoms with E-state index >= 15 is 0 Å². The Morgan fingerprint density at radius 2 is 1.76 bits per heavy atom. The van der Waals surface area contributed by atoms with Crippen LogP contribution in [-0.4, -0.2) is 26.9 Å². The fourth-order valence-electron chi connectivity index (χ4n) is 2.11. The van der Waals surface area contributed by atoms with Gasteiger partial charge in [-0.05, 0) is 24.3 Å². The first-order valence-electron chi connectivity index (χ1n) is 7.15. The number of nitrogens with zero attached hydrogens (tertiary/aromatic N) is 3. The van der Waals surface area contributed by atoms with E-state index in [1.54, 1.807) is 0 Å². The molecule has 25 heavy (non-hydrogen) atoms. The van der Waals surface area contributed by atoms with Crippen molar-refractivity contribution in [3.05, 3.63) is 48.4 Å². The summed E-state index contributed by atoms with van der Waals surface area (Å²) >= 11 is 0. The van der Waals surface area contributed by atoms with Crippen molar-refractivity contribution < 1.29 is 26.7 Å². The van der Waals surface area contributed by atoms with E-state index in [0.717, 1.165) is 19.2 Å². The maximum atomic E-state index is 12.7. The lowest BCUT2D eigenvalue weighted by Gasteiger charge is -2.11. The van der Waals surface area contributed by atoms with Crippen LogP contribution in [0.4, 0.5) is 22.0 Å². The standard InChI is InChI=1S/C16H12F5N3O/c1-15(17,18)9-25-11-3-4-12(22-6-11)13-8-24-7-10(16(19,20)21)2-5-14(24)23-13/h2-8H,9H2,1H3. The summed E-state index contributed by atoms with van der Waals surface area (Å²) < 4.78 is 69.9. The molecule has 0 N–H and O–H groups in total. The average molecular weight is 357 g/mol. The quantitative estimate of drug-likeness (QED) is 0.648. The molecule has 3 aromatic heterocycles. The van der Waals surface area contributed by atoms with E-state index in [0.29, 0.717) is 17.0 Å². The molecule has 0 saturated heterocycles. The zero-order valence-electron chi connectivity index (χ0n) is 12.9. The molecule has 0 spiro atoms. The van der Waals surface area contributed by atoms with E-state index in [2.05, 4.69) is 9.97 Å². The predicted octanol–water partition coefficient (Wildman–Crippen LogP) is 4.45. The van der Waals surface area contributed by atoms with Crippen LogP contribution in [-0.2, 0) is 6.18 Å². The molecule has 0 saturated carbocycles. The van der Waals surface area contributed by atoms with Gasteiger partial charge in [0.25, 0.3) is 5.92 Å². The number of aromatic nitrogens is 3. The Morgan fingerprint density at radius 1 is 1.00 bits per heavy atom. The van der Waals surface area contributed by atoms with Crippen LogP contribution in [0.5, 0.6) is 5.75 Å². The number of imidazole rings is 1. The summed E-state index contributed by atoms with van der Waals surface area (Å²) in [5.74, 6) is -2.80. The van der Waals surface area contributed by atoms with Gasteiger partial charge in [-0.25, -0.2) is 13.8 Å². The third-order valence-corrected chi connectivity index (χ3v) is 3.27. The molecule has 0 amide bonds. The van der Waals surface area contributed by atoms with E-state index in [9.17, 15) is 22.0 Å². The molecule has 3 rings (SSSR count). The summed E-state index contributed by atoms with van der Waals surface area (Å²) in [6.45, 7) is -0.0384. The topological polar surface area (TPSA) is 39.4 Å². The smallest absolute Gasteiger partial charge is 0.417 e. The lowest BCUT2D eigenvalue weighted by Crippen LogP contribution is -2.20. The van der Waals surface area contributed by atoms with E-state index in [-0.39, 0.29) is 5.75 Å². The molecule has 3 aromatic rings. The number of fused-ring (bicyclic) bond motifs is 1. The molecular weight excluding hydrogens is 345 g/mol. The van der Waals surface area contributed by atoms with Gasteiger partial charge in [-0.1, -0.05) is 0 Å². The Kier molecular flexibility index (Phi) is 4.09. The van der Waals surface area contributed by atoms with Gasteiger partial charge in [0.2, 0.25) is 0 Å². The van der Waals surface area contributed by atoms with Crippen LogP contribution >= 0.6 is 0 Å². The monoisotopic (exact) mass is 357 g/mol. The van der Waals surface area contributed by atoms with Crippen LogP contribution in [0.15, 0.2) is 42.9 Å². The average Bonchev–Trinajstić information content (AvgIpc) is 2.95. The van der Waals surface area contributed by atoms with Crippen molar-refractivity contribution in [3.8, 4) is 17.1 Å². The van der Waals surface area contributed by atoms with E-state index in [1.807, 2.05) is 0 Å². The van der Waals surface area contributed by atoms with Gasteiger partial charge in [0.1, 0.15) is 17.1 Å². The molecule has 0 radical (unpaired) electrons. The number of hydrogen-bond donors (Lipinski definition) is 0. The van der Waals surface area contributed by atoms with E-state index in [1.165, 1.54) is 35.0 Å². The summed E-state index contributed by atoms with van der Waals surface area (Å²) in [6.07, 6.45) is -0.844. The molecule has 3 heterocycles. The van der Waals surface area contributed by atoms with Crippen molar-refractivity contribution >= 4 is 5.65 Å². The number of halogens is 5. The van der Waals surface area contributed by atoms with Gasteiger partial charge < -0.3 is 9.14 Å². The maximum Gasteiger partial charge on any atom is 0.417 e. The minimum atomic E-state index is -4.45. The second-order valence-corrected chi connectivity index (χ2v) is 5.55. The zero-order valence-corrected chi connectivity index (χ0v) is 12.9. The van der Waals surface area contributed by atoms with Crippen LogP contribution < -0.4 is 4.74 Å². The molecule has 0 aliphatic carbocycles. The van der Waals surface area contributed by atoms with Gasteiger partial charge in [-0.3, -0.25) is 4.98 Å². The summed E-state index contributed by atoms with van der Waals surface area (Å²) in [5.41, 5.74) is 0.275. The second kappa shape index (κ2) is 5.98. The highest BCUT2D eigenvalue weighted by Crippen LogP contribution is 2.30. The Bertz CT molecular complexity index is 881. The lowest BCUT2D eigenvalue weighted by molar-refractivity contribution is -0.137. The third kappa shape index (κ3) is 4.04. The normalized spacial score (nSPS) is 12.6. The SMILES string of the molecule is CC(F)(F)COc1ccc(-c2cn3cc(C(F)(F)F)ccc3n2)nc1. The van der Waals surface area contributed by atoms with Crippen molar-refractivity contribution in [2.45, 2.75) is 19.0 Å². The minimum Gasteiger partial charge on any atom is -0.486 e. The van der Waals surface area contributed by atoms with Gasteiger partial charge in [-0.15, -0.1) is 0 Å². The minimum absolute atomic E-state index is 0.161. The molecule has 0 fully saturated rings. The maximum absolute atomic E-state index is 12.7.